The fraction of sp³-hybridized carbons (Fsp3) is 0. The van der Waals surface area contributed by atoms with Gasteiger partial charge in [0, 0.05) is 23.6 Å². The molecule has 0 aliphatic heterocycles. The van der Waals surface area contributed by atoms with Gasteiger partial charge in [0.25, 0.3) is 0 Å². The highest BCUT2D eigenvalue weighted by Gasteiger charge is 2.07. The number of benzene rings is 1. The number of rotatable bonds is 2. The van der Waals surface area contributed by atoms with Gasteiger partial charge in [0.05, 0.1) is 18.1 Å². The van der Waals surface area contributed by atoms with Gasteiger partial charge < -0.3 is 5.73 Å². The predicted octanol–water partition coefficient (Wildman–Crippen LogP) is 1.91. The maximum absolute atomic E-state index is 5.68. The van der Waals surface area contributed by atoms with Crippen molar-refractivity contribution < 1.29 is 0 Å². The lowest BCUT2D eigenvalue weighted by molar-refractivity contribution is 1.01. The van der Waals surface area contributed by atoms with Gasteiger partial charge in [-0.05, 0) is 24.3 Å². The first-order valence-electron chi connectivity index (χ1n) is 5.49. The fourth-order valence-corrected chi connectivity index (χ4v) is 1.77. The van der Waals surface area contributed by atoms with Crippen molar-refractivity contribution in [3.8, 4) is 17.1 Å². The third-order valence-electron chi connectivity index (χ3n) is 2.63. The number of imidazole rings is 1. The highest BCUT2D eigenvalue weighted by Crippen LogP contribution is 2.21. The van der Waals surface area contributed by atoms with E-state index in [1.54, 1.807) is 18.6 Å². The molecule has 0 atom stereocenters. The van der Waals surface area contributed by atoms with Crippen molar-refractivity contribution in [2.75, 3.05) is 5.73 Å². The molecule has 2 heterocycles. The number of hydrogen-bond donors (Lipinski definition) is 1. The minimum absolute atomic E-state index is 0.736. The predicted molar refractivity (Wildman–Crippen MR) is 69.0 cm³/mol. The maximum Gasteiger partial charge on any atom is 0.144 e. The average Bonchev–Trinajstić information content (AvgIpc) is 2.90. The van der Waals surface area contributed by atoms with Crippen LogP contribution in [0.3, 0.4) is 0 Å². The number of nitrogen functional groups attached to an aromatic ring is 1. The number of nitrogens with zero attached hydrogens (tertiary/aromatic N) is 4. The molecule has 5 nitrogen and oxygen atoms in total. The molecule has 0 bridgehead atoms. The van der Waals surface area contributed by atoms with E-state index in [0.717, 1.165) is 22.8 Å². The van der Waals surface area contributed by atoms with Crippen LogP contribution in [0.5, 0.6) is 0 Å². The molecule has 1 aromatic carbocycles. The minimum Gasteiger partial charge on any atom is -0.399 e. The summed E-state index contributed by atoms with van der Waals surface area (Å²) in [5.74, 6) is 0.838. The van der Waals surface area contributed by atoms with Crippen molar-refractivity contribution in [1.29, 1.82) is 0 Å². The Balaban J connectivity index is 2.10. The van der Waals surface area contributed by atoms with Gasteiger partial charge in [0.15, 0.2) is 0 Å². The Labute approximate surface area is 104 Å². The lowest BCUT2D eigenvalue weighted by atomic mass is 10.2. The normalized spacial score (nSPS) is 10.4. The first-order chi connectivity index (χ1) is 8.84. The first kappa shape index (κ1) is 10.5. The number of anilines is 1. The van der Waals surface area contributed by atoms with E-state index >= 15 is 0 Å². The van der Waals surface area contributed by atoms with Crippen LogP contribution in [0.15, 0.2) is 55.4 Å². The highest BCUT2D eigenvalue weighted by molar-refractivity contribution is 5.61. The molecular formula is C13H11N5. The van der Waals surface area contributed by atoms with E-state index in [-0.39, 0.29) is 0 Å². The van der Waals surface area contributed by atoms with Gasteiger partial charge in [0.1, 0.15) is 12.2 Å². The van der Waals surface area contributed by atoms with Crippen LogP contribution in [0.1, 0.15) is 0 Å². The zero-order valence-corrected chi connectivity index (χ0v) is 9.56. The molecule has 2 aromatic heterocycles. The summed E-state index contributed by atoms with van der Waals surface area (Å²) in [6, 6.07) is 7.60. The van der Waals surface area contributed by atoms with E-state index in [1.807, 2.05) is 35.0 Å². The van der Waals surface area contributed by atoms with Crippen molar-refractivity contribution in [3.05, 3.63) is 55.4 Å². The summed E-state index contributed by atoms with van der Waals surface area (Å²) in [5.41, 5.74) is 8.29. The SMILES string of the molecule is Nc1ccc(-c2nccn2-c2cncnc2)cc1. The minimum atomic E-state index is 0.736. The third-order valence-corrected chi connectivity index (χ3v) is 2.63. The Kier molecular flexibility index (Phi) is 2.49. The van der Waals surface area contributed by atoms with Crippen molar-refractivity contribution in [3.63, 3.8) is 0 Å². The van der Waals surface area contributed by atoms with E-state index in [9.17, 15) is 0 Å². The summed E-state index contributed by atoms with van der Waals surface area (Å²) < 4.78 is 1.94. The van der Waals surface area contributed by atoms with Gasteiger partial charge in [-0.2, -0.15) is 0 Å². The molecule has 0 amide bonds. The van der Waals surface area contributed by atoms with Gasteiger partial charge in [-0.25, -0.2) is 15.0 Å². The number of aromatic nitrogens is 4. The van der Waals surface area contributed by atoms with Crippen LogP contribution in [0.4, 0.5) is 5.69 Å². The smallest absolute Gasteiger partial charge is 0.144 e. The van der Waals surface area contributed by atoms with E-state index < -0.39 is 0 Å². The largest absolute Gasteiger partial charge is 0.399 e. The molecule has 0 aliphatic rings. The molecule has 3 rings (SSSR count). The van der Waals surface area contributed by atoms with E-state index in [4.69, 9.17) is 5.73 Å². The Hall–Kier alpha value is -2.69. The molecular weight excluding hydrogens is 226 g/mol. The van der Waals surface area contributed by atoms with Crippen molar-refractivity contribution in [2.45, 2.75) is 0 Å². The van der Waals surface area contributed by atoms with Crippen LogP contribution in [0, 0.1) is 0 Å². The summed E-state index contributed by atoms with van der Waals surface area (Å²) in [7, 11) is 0. The summed E-state index contributed by atoms with van der Waals surface area (Å²) in [6.45, 7) is 0. The first-order valence-corrected chi connectivity index (χ1v) is 5.49. The second kappa shape index (κ2) is 4.29. The molecule has 0 saturated heterocycles. The number of nitrogens with two attached hydrogens (primary N) is 1. The second-order valence-corrected chi connectivity index (χ2v) is 3.84. The summed E-state index contributed by atoms with van der Waals surface area (Å²) in [5, 5.41) is 0. The van der Waals surface area contributed by atoms with Crippen LogP contribution in [0.2, 0.25) is 0 Å². The summed E-state index contributed by atoms with van der Waals surface area (Å²) >= 11 is 0. The molecule has 2 N–H and O–H groups in total. The van der Waals surface area contributed by atoms with Crippen molar-refractivity contribution in [1.82, 2.24) is 19.5 Å². The zero-order chi connectivity index (χ0) is 12.4. The third kappa shape index (κ3) is 1.82. The van der Waals surface area contributed by atoms with Crippen LogP contribution in [0.25, 0.3) is 17.1 Å². The van der Waals surface area contributed by atoms with Gasteiger partial charge >= 0.3 is 0 Å². The highest BCUT2D eigenvalue weighted by atomic mass is 15.1. The van der Waals surface area contributed by atoms with Crippen LogP contribution in [-0.4, -0.2) is 19.5 Å². The Morgan fingerprint density at radius 3 is 2.44 bits per heavy atom. The van der Waals surface area contributed by atoms with Gasteiger partial charge in [-0.1, -0.05) is 0 Å². The molecule has 0 aliphatic carbocycles. The monoisotopic (exact) mass is 237 g/mol. The van der Waals surface area contributed by atoms with E-state index in [0.29, 0.717) is 0 Å². The maximum atomic E-state index is 5.68. The molecule has 0 unspecified atom stereocenters. The Morgan fingerprint density at radius 1 is 1.00 bits per heavy atom. The van der Waals surface area contributed by atoms with E-state index in [2.05, 4.69) is 15.0 Å². The Bertz CT molecular complexity index is 643. The molecule has 18 heavy (non-hydrogen) atoms. The summed E-state index contributed by atoms with van der Waals surface area (Å²) in [6.07, 6.45) is 8.62. The van der Waals surface area contributed by atoms with Gasteiger partial charge in [-0.15, -0.1) is 0 Å². The molecule has 0 spiro atoms. The van der Waals surface area contributed by atoms with Crippen molar-refractivity contribution >= 4 is 5.69 Å². The lowest BCUT2D eigenvalue weighted by Crippen LogP contribution is -1.97. The molecule has 5 heteroatoms. The quantitative estimate of drug-likeness (QED) is 0.691. The standard InChI is InChI=1S/C13H11N5/c14-11-3-1-10(2-4-11)13-17-5-6-18(13)12-7-15-9-16-8-12/h1-9H,14H2. The average molecular weight is 237 g/mol. The second-order valence-electron chi connectivity index (χ2n) is 3.84. The van der Waals surface area contributed by atoms with Crippen molar-refractivity contribution in [2.24, 2.45) is 0 Å². The van der Waals surface area contributed by atoms with Crippen LogP contribution >= 0.6 is 0 Å². The van der Waals surface area contributed by atoms with Crippen LogP contribution in [-0.2, 0) is 0 Å². The van der Waals surface area contributed by atoms with Gasteiger partial charge in [-0.3, -0.25) is 4.57 Å². The topological polar surface area (TPSA) is 69.6 Å². The zero-order valence-electron chi connectivity index (χ0n) is 9.56. The molecule has 3 aromatic rings. The van der Waals surface area contributed by atoms with E-state index in [1.165, 1.54) is 6.33 Å². The molecule has 0 fully saturated rings. The molecule has 0 radical (unpaired) electrons. The van der Waals surface area contributed by atoms with Gasteiger partial charge in [0.2, 0.25) is 0 Å². The molecule has 88 valence electrons. The number of hydrogen-bond acceptors (Lipinski definition) is 4. The fourth-order valence-electron chi connectivity index (χ4n) is 1.77. The lowest BCUT2D eigenvalue weighted by Gasteiger charge is -2.06. The molecule has 0 saturated carbocycles. The Morgan fingerprint density at radius 2 is 1.72 bits per heavy atom. The summed E-state index contributed by atoms with van der Waals surface area (Å²) in [4.78, 5) is 12.4. The van der Waals surface area contributed by atoms with Crippen LogP contribution < -0.4 is 5.73 Å².